The lowest BCUT2D eigenvalue weighted by Gasteiger charge is -2.30. The summed E-state index contributed by atoms with van der Waals surface area (Å²) in [6.45, 7) is 3.68. The number of hydrogen-bond donors (Lipinski definition) is 5. The lowest BCUT2D eigenvalue weighted by Crippen LogP contribution is -2.48. The summed E-state index contributed by atoms with van der Waals surface area (Å²) in [5.74, 6) is 5.56. The minimum Gasteiger partial charge on any atom is -0.396 e. The SMILES string of the molecule is CCc1nc(C)ccc1C#Cc1c(Cl)nc(N)nc1NC1(O)CCC(CO)C1O. The number of anilines is 2. The molecule has 0 aromatic carbocycles. The van der Waals surface area contributed by atoms with Crippen LogP contribution in [0.1, 0.15) is 42.3 Å². The molecule has 2 aromatic rings. The summed E-state index contributed by atoms with van der Waals surface area (Å²) in [6.07, 6.45) is 0.203. The number of nitrogens with one attached hydrogen (secondary N) is 1. The topological polar surface area (TPSA) is 137 Å². The second-order valence-electron chi connectivity index (χ2n) is 7.12. The van der Waals surface area contributed by atoms with Crippen LogP contribution < -0.4 is 11.1 Å². The molecule has 1 fully saturated rings. The maximum Gasteiger partial charge on any atom is 0.223 e. The Labute approximate surface area is 174 Å². The van der Waals surface area contributed by atoms with Gasteiger partial charge in [-0.1, -0.05) is 30.4 Å². The molecular formula is C20H24ClN5O3. The quantitative estimate of drug-likeness (QED) is 0.284. The average molecular weight is 418 g/mol. The molecule has 154 valence electrons. The second-order valence-corrected chi connectivity index (χ2v) is 7.48. The molecule has 9 heteroatoms. The van der Waals surface area contributed by atoms with E-state index in [1.165, 1.54) is 0 Å². The van der Waals surface area contributed by atoms with Gasteiger partial charge in [-0.3, -0.25) is 4.98 Å². The highest BCUT2D eigenvalue weighted by molar-refractivity contribution is 6.31. The Morgan fingerprint density at radius 3 is 2.72 bits per heavy atom. The number of aliphatic hydroxyl groups excluding tert-OH is 2. The fourth-order valence-corrected chi connectivity index (χ4v) is 3.63. The molecule has 1 saturated carbocycles. The minimum atomic E-state index is -1.69. The molecule has 3 atom stereocenters. The molecule has 0 saturated heterocycles. The van der Waals surface area contributed by atoms with Gasteiger partial charge >= 0.3 is 0 Å². The van der Waals surface area contributed by atoms with Gasteiger partial charge in [0.2, 0.25) is 5.95 Å². The Hall–Kier alpha value is -2.44. The first-order chi connectivity index (χ1) is 13.8. The number of nitrogens with two attached hydrogens (primary N) is 1. The van der Waals surface area contributed by atoms with Gasteiger partial charge in [0.25, 0.3) is 0 Å². The zero-order valence-electron chi connectivity index (χ0n) is 16.3. The zero-order chi connectivity index (χ0) is 21.2. The van der Waals surface area contributed by atoms with Crippen molar-refractivity contribution < 1.29 is 15.3 Å². The molecule has 0 spiro atoms. The van der Waals surface area contributed by atoms with E-state index in [4.69, 9.17) is 17.3 Å². The van der Waals surface area contributed by atoms with Crippen LogP contribution in [-0.2, 0) is 6.42 Å². The van der Waals surface area contributed by atoms with Gasteiger partial charge in [-0.2, -0.15) is 9.97 Å². The fraction of sp³-hybridized carbons (Fsp3) is 0.450. The zero-order valence-corrected chi connectivity index (χ0v) is 17.0. The van der Waals surface area contributed by atoms with Crippen molar-refractivity contribution in [2.75, 3.05) is 17.7 Å². The number of halogens is 1. The molecule has 2 heterocycles. The maximum atomic E-state index is 10.8. The summed E-state index contributed by atoms with van der Waals surface area (Å²) in [6, 6.07) is 3.75. The molecule has 3 rings (SSSR count). The first-order valence-corrected chi connectivity index (χ1v) is 9.76. The Balaban J connectivity index is 2.00. The van der Waals surface area contributed by atoms with Gasteiger partial charge in [-0.05, 0) is 38.3 Å². The molecule has 0 bridgehead atoms. The lowest BCUT2D eigenvalue weighted by atomic mass is 10.0. The van der Waals surface area contributed by atoms with E-state index in [1.807, 2.05) is 26.0 Å². The number of hydrogen-bond acceptors (Lipinski definition) is 8. The predicted octanol–water partition coefficient (Wildman–Crippen LogP) is 1.24. The van der Waals surface area contributed by atoms with E-state index in [-0.39, 0.29) is 35.5 Å². The predicted molar refractivity (Wildman–Crippen MR) is 110 cm³/mol. The normalized spacial score (nSPS) is 23.5. The number of aromatic nitrogens is 3. The smallest absolute Gasteiger partial charge is 0.223 e. The van der Waals surface area contributed by atoms with Gasteiger partial charge < -0.3 is 26.4 Å². The first-order valence-electron chi connectivity index (χ1n) is 9.38. The molecule has 1 aliphatic carbocycles. The molecule has 0 amide bonds. The molecule has 1 aliphatic rings. The van der Waals surface area contributed by atoms with Gasteiger partial charge in [0.05, 0.1) is 5.69 Å². The van der Waals surface area contributed by atoms with Crippen LogP contribution in [0.4, 0.5) is 11.8 Å². The number of rotatable bonds is 4. The number of aliphatic hydroxyl groups is 3. The van der Waals surface area contributed by atoms with Crippen LogP contribution in [0.25, 0.3) is 0 Å². The Morgan fingerprint density at radius 2 is 2.07 bits per heavy atom. The Kier molecular flexibility index (Phi) is 6.24. The minimum absolute atomic E-state index is 0.0282. The highest BCUT2D eigenvalue weighted by Crippen LogP contribution is 2.36. The molecular weight excluding hydrogens is 394 g/mol. The third-order valence-corrected chi connectivity index (χ3v) is 5.33. The molecule has 29 heavy (non-hydrogen) atoms. The van der Waals surface area contributed by atoms with Crippen LogP contribution in [0.2, 0.25) is 5.15 Å². The van der Waals surface area contributed by atoms with Crippen molar-refractivity contribution >= 4 is 23.4 Å². The van der Waals surface area contributed by atoms with Gasteiger partial charge in [0.1, 0.15) is 11.7 Å². The maximum absolute atomic E-state index is 10.8. The van der Waals surface area contributed by atoms with Crippen molar-refractivity contribution in [1.29, 1.82) is 0 Å². The number of pyridine rings is 1. The van der Waals surface area contributed by atoms with Crippen LogP contribution in [0.15, 0.2) is 12.1 Å². The van der Waals surface area contributed by atoms with Crippen molar-refractivity contribution in [3.63, 3.8) is 0 Å². The summed E-state index contributed by atoms with van der Waals surface area (Å²) in [5.41, 5.74) is 6.78. The monoisotopic (exact) mass is 417 g/mol. The van der Waals surface area contributed by atoms with Crippen LogP contribution in [0.5, 0.6) is 0 Å². The van der Waals surface area contributed by atoms with Crippen molar-refractivity contribution in [1.82, 2.24) is 15.0 Å². The number of nitrogens with zero attached hydrogens (tertiary/aromatic N) is 3. The highest BCUT2D eigenvalue weighted by atomic mass is 35.5. The number of aryl methyl sites for hydroxylation is 2. The highest BCUT2D eigenvalue weighted by Gasteiger charge is 2.47. The van der Waals surface area contributed by atoms with Crippen molar-refractivity contribution in [3.05, 3.63) is 39.8 Å². The third-order valence-electron chi connectivity index (χ3n) is 5.05. The molecule has 8 nitrogen and oxygen atoms in total. The van der Waals surface area contributed by atoms with Crippen LogP contribution in [0.3, 0.4) is 0 Å². The largest absolute Gasteiger partial charge is 0.396 e. The van der Waals surface area contributed by atoms with E-state index in [9.17, 15) is 15.3 Å². The third kappa shape index (κ3) is 4.43. The Bertz CT molecular complexity index is 975. The first kappa shape index (κ1) is 21.3. The average Bonchev–Trinajstić information content (AvgIpc) is 2.95. The number of nitrogen functional groups attached to an aromatic ring is 1. The van der Waals surface area contributed by atoms with E-state index in [1.54, 1.807) is 0 Å². The van der Waals surface area contributed by atoms with Gasteiger partial charge in [-0.15, -0.1) is 0 Å². The standard InChI is InChI=1S/C20H24ClN5O3/c1-3-15-12(5-4-11(2)23-15)6-7-14-17(21)24-19(22)25-18(14)26-20(29)9-8-13(10-27)16(20)28/h4-5,13,16,27-29H,3,8-10H2,1-2H3,(H3,22,24,25,26). The van der Waals surface area contributed by atoms with Crippen LogP contribution >= 0.6 is 11.6 Å². The van der Waals surface area contributed by atoms with Crippen molar-refractivity contribution in [3.8, 4) is 11.8 Å². The van der Waals surface area contributed by atoms with Gasteiger partial charge in [0, 0.05) is 23.8 Å². The summed E-state index contributed by atoms with van der Waals surface area (Å²) in [7, 11) is 0. The van der Waals surface area contributed by atoms with Crippen LogP contribution in [0, 0.1) is 24.7 Å². The van der Waals surface area contributed by atoms with E-state index in [0.29, 0.717) is 6.42 Å². The lowest BCUT2D eigenvalue weighted by molar-refractivity contribution is -0.0545. The Morgan fingerprint density at radius 1 is 1.31 bits per heavy atom. The van der Waals surface area contributed by atoms with Crippen molar-refractivity contribution in [2.45, 2.75) is 44.9 Å². The van der Waals surface area contributed by atoms with Crippen molar-refractivity contribution in [2.24, 2.45) is 5.92 Å². The second kappa shape index (κ2) is 8.51. The van der Waals surface area contributed by atoms with E-state index < -0.39 is 17.7 Å². The van der Waals surface area contributed by atoms with Crippen LogP contribution in [-0.4, -0.2) is 48.7 Å². The fourth-order valence-electron chi connectivity index (χ4n) is 3.41. The summed E-state index contributed by atoms with van der Waals surface area (Å²) < 4.78 is 0. The van der Waals surface area contributed by atoms with E-state index in [0.717, 1.165) is 23.4 Å². The van der Waals surface area contributed by atoms with E-state index >= 15 is 0 Å². The summed E-state index contributed by atoms with van der Waals surface area (Å²) in [4.78, 5) is 12.5. The molecule has 2 aromatic heterocycles. The molecule has 6 N–H and O–H groups in total. The van der Waals surface area contributed by atoms with Gasteiger partial charge in [0.15, 0.2) is 16.7 Å². The van der Waals surface area contributed by atoms with Gasteiger partial charge in [-0.25, -0.2) is 0 Å². The molecule has 0 aliphatic heterocycles. The summed E-state index contributed by atoms with van der Waals surface area (Å²) >= 11 is 6.25. The van der Waals surface area contributed by atoms with E-state index in [2.05, 4.69) is 32.1 Å². The summed E-state index contributed by atoms with van der Waals surface area (Å²) in [5, 5.41) is 33.4. The molecule has 3 unspecified atom stereocenters. The molecule has 0 radical (unpaired) electrons.